The quantitative estimate of drug-likeness (QED) is 0.735. The molecule has 1 rings (SSSR count). The number of anilines is 1. The van der Waals surface area contributed by atoms with Crippen LogP contribution in [0.15, 0.2) is 6.20 Å². The molecule has 7 nitrogen and oxygen atoms in total. The first-order valence-corrected chi connectivity index (χ1v) is 5.89. The Kier molecular flexibility index (Phi) is 4.83. The third kappa shape index (κ3) is 3.99. The number of aromatic nitrogens is 2. The maximum Gasteiger partial charge on any atom is 0.326 e. The average molecular weight is 258 g/mol. The molecule has 0 saturated heterocycles. The molecule has 0 radical (unpaired) electrons. The minimum absolute atomic E-state index is 0.141. The molecular weight excluding hydrogens is 244 g/mol. The smallest absolute Gasteiger partial charge is 0.326 e. The second-order valence-electron chi connectivity index (χ2n) is 3.58. The minimum Gasteiger partial charge on any atom is -0.480 e. The van der Waals surface area contributed by atoms with Crippen LogP contribution in [0.2, 0.25) is 0 Å². The third-order valence-electron chi connectivity index (χ3n) is 2.36. The lowest BCUT2D eigenvalue weighted by molar-refractivity contribution is -0.140. The SMILES string of the molecule is CC[C@H](C)[C@H](NC(=O)Nc1cnns1)C(=O)O. The topological polar surface area (TPSA) is 104 Å². The van der Waals surface area contributed by atoms with Gasteiger partial charge in [0.15, 0.2) is 0 Å². The van der Waals surface area contributed by atoms with Crippen molar-refractivity contribution in [2.24, 2.45) is 5.92 Å². The van der Waals surface area contributed by atoms with E-state index in [-0.39, 0.29) is 5.92 Å². The number of nitrogens with one attached hydrogen (secondary N) is 2. The second kappa shape index (κ2) is 6.14. The lowest BCUT2D eigenvalue weighted by atomic mass is 10.00. The van der Waals surface area contributed by atoms with Crippen LogP contribution in [0.5, 0.6) is 0 Å². The molecule has 8 heteroatoms. The van der Waals surface area contributed by atoms with Gasteiger partial charge < -0.3 is 10.4 Å². The van der Waals surface area contributed by atoms with Crippen LogP contribution < -0.4 is 10.6 Å². The molecule has 1 heterocycles. The molecule has 0 aliphatic carbocycles. The molecular formula is C9H14N4O3S. The first kappa shape index (κ1) is 13.4. The normalized spacial score (nSPS) is 13.8. The van der Waals surface area contributed by atoms with Crippen LogP contribution in [0.4, 0.5) is 9.80 Å². The predicted octanol–water partition coefficient (Wildman–Crippen LogP) is 1.16. The van der Waals surface area contributed by atoms with Crippen molar-refractivity contribution < 1.29 is 14.7 Å². The zero-order valence-electron chi connectivity index (χ0n) is 9.51. The van der Waals surface area contributed by atoms with Crippen LogP contribution in [0.1, 0.15) is 20.3 Å². The van der Waals surface area contributed by atoms with Gasteiger partial charge in [-0.05, 0) is 5.92 Å². The van der Waals surface area contributed by atoms with Crippen molar-refractivity contribution in [3.8, 4) is 0 Å². The van der Waals surface area contributed by atoms with Gasteiger partial charge in [0.1, 0.15) is 11.0 Å². The van der Waals surface area contributed by atoms with Gasteiger partial charge in [-0.2, -0.15) is 0 Å². The predicted molar refractivity (Wildman–Crippen MR) is 62.9 cm³/mol. The molecule has 0 aliphatic heterocycles. The zero-order chi connectivity index (χ0) is 12.8. The molecule has 0 saturated carbocycles. The summed E-state index contributed by atoms with van der Waals surface area (Å²) < 4.78 is 3.57. The molecule has 1 aromatic heterocycles. The van der Waals surface area contributed by atoms with Crippen molar-refractivity contribution in [1.82, 2.24) is 14.9 Å². The highest BCUT2D eigenvalue weighted by Crippen LogP contribution is 2.11. The summed E-state index contributed by atoms with van der Waals surface area (Å²) in [6.07, 6.45) is 2.06. The van der Waals surface area contributed by atoms with Gasteiger partial charge in [0.05, 0.1) is 6.20 Å². The Morgan fingerprint density at radius 2 is 2.29 bits per heavy atom. The van der Waals surface area contributed by atoms with Crippen LogP contribution in [0.25, 0.3) is 0 Å². The highest BCUT2D eigenvalue weighted by Gasteiger charge is 2.25. The highest BCUT2D eigenvalue weighted by molar-refractivity contribution is 7.10. The third-order valence-corrected chi connectivity index (χ3v) is 2.94. The van der Waals surface area contributed by atoms with Crippen LogP contribution in [-0.2, 0) is 4.79 Å². The Morgan fingerprint density at radius 1 is 1.59 bits per heavy atom. The van der Waals surface area contributed by atoms with Crippen molar-refractivity contribution in [3.05, 3.63) is 6.20 Å². The average Bonchev–Trinajstić information content (AvgIpc) is 2.77. The number of carboxylic acid groups (broad SMARTS) is 1. The second-order valence-corrected chi connectivity index (χ2v) is 4.37. The summed E-state index contributed by atoms with van der Waals surface area (Å²) in [5.74, 6) is -1.19. The number of carbonyl (C=O) groups is 2. The van der Waals surface area contributed by atoms with Gasteiger partial charge in [-0.3, -0.25) is 5.32 Å². The van der Waals surface area contributed by atoms with Crippen LogP contribution >= 0.6 is 11.5 Å². The molecule has 2 amide bonds. The first-order valence-electron chi connectivity index (χ1n) is 5.12. The fourth-order valence-corrected chi connectivity index (χ4v) is 1.61. The number of nitrogens with zero attached hydrogens (tertiary/aromatic N) is 2. The number of aliphatic carboxylic acids is 1. The standard InChI is InChI=1S/C9H14N4O3S/c1-3-5(2)7(8(14)15)12-9(16)11-6-4-10-13-17-6/h4-5,7H,3H2,1-2H3,(H,14,15)(H2,11,12,16)/t5-,7-/m0/s1. The van der Waals surface area contributed by atoms with Gasteiger partial charge in [0, 0.05) is 11.5 Å². The van der Waals surface area contributed by atoms with Gasteiger partial charge in [0.2, 0.25) is 0 Å². The molecule has 0 aromatic carbocycles. The molecule has 1 aromatic rings. The van der Waals surface area contributed by atoms with E-state index in [4.69, 9.17) is 5.11 Å². The van der Waals surface area contributed by atoms with Crippen molar-refractivity contribution in [2.45, 2.75) is 26.3 Å². The van der Waals surface area contributed by atoms with E-state index in [1.165, 1.54) is 6.20 Å². The number of amides is 2. The Balaban J connectivity index is 2.55. The minimum atomic E-state index is -1.04. The Bertz CT molecular complexity index is 382. The number of carbonyl (C=O) groups excluding carboxylic acids is 1. The molecule has 0 unspecified atom stereocenters. The zero-order valence-corrected chi connectivity index (χ0v) is 10.3. The summed E-state index contributed by atoms with van der Waals surface area (Å²) >= 11 is 1.02. The van der Waals surface area contributed by atoms with Gasteiger partial charge >= 0.3 is 12.0 Å². The molecule has 17 heavy (non-hydrogen) atoms. The summed E-state index contributed by atoms with van der Waals surface area (Å²) in [5.41, 5.74) is 0. The van der Waals surface area contributed by atoms with E-state index in [0.717, 1.165) is 11.5 Å². The van der Waals surface area contributed by atoms with Crippen LogP contribution in [0.3, 0.4) is 0 Å². The molecule has 0 fully saturated rings. The van der Waals surface area contributed by atoms with Gasteiger partial charge in [-0.15, -0.1) is 5.10 Å². The largest absolute Gasteiger partial charge is 0.480 e. The summed E-state index contributed by atoms with van der Waals surface area (Å²) in [7, 11) is 0. The Labute approximate surface area is 102 Å². The van der Waals surface area contributed by atoms with Crippen molar-refractivity contribution in [1.29, 1.82) is 0 Å². The molecule has 2 atom stereocenters. The van der Waals surface area contributed by atoms with E-state index < -0.39 is 18.0 Å². The molecule has 0 aliphatic rings. The highest BCUT2D eigenvalue weighted by atomic mass is 32.1. The fraction of sp³-hybridized carbons (Fsp3) is 0.556. The maximum atomic E-state index is 11.5. The summed E-state index contributed by atoms with van der Waals surface area (Å²) in [5, 5.41) is 17.9. The fourth-order valence-electron chi connectivity index (χ4n) is 1.19. The first-order chi connectivity index (χ1) is 8.04. The van der Waals surface area contributed by atoms with E-state index in [9.17, 15) is 9.59 Å². The number of hydrogen-bond donors (Lipinski definition) is 3. The van der Waals surface area contributed by atoms with Crippen molar-refractivity contribution in [3.63, 3.8) is 0 Å². The van der Waals surface area contributed by atoms with Crippen LogP contribution in [0, 0.1) is 5.92 Å². The summed E-state index contributed by atoms with van der Waals surface area (Å²) in [4.78, 5) is 22.5. The monoisotopic (exact) mass is 258 g/mol. The summed E-state index contributed by atoms with van der Waals surface area (Å²) in [6.45, 7) is 3.64. The lowest BCUT2D eigenvalue weighted by Crippen LogP contribution is -2.46. The Hall–Kier alpha value is -1.70. The molecule has 3 N–H and O–H groups in total. The van der Waals surface area contributed by atoms with Crippen LogP contribution in [-0.4, -0.2) is 32.7 Å². The van der Waals surface area contributed by atoms with Crippen molar-refractivity contribution in [2.75, 3.05) is 5.32 Å². The molecule has 0 spiro atoms. The van der Waals surface area contributed by atoms with Crippen molar-refractivity contribution >= 4 is 28.5 Å². The molecule has 0 bridgehead atoms. The number of carboxylic acids is 1. The van der Waals surface area contributed by atoms with Gasteiger partial charge in [0.25, 0.3) is 0 Å². The van der Waals surface area contributed by atoms with E-state index in [0.29, 0.717) is 11.4 Å². The van der Waals surface area contributed by atoms with Gasteiger partial charge in [-0.25, -0.2) is 9.59 Å². The summed E-state index contributed by atoms with van der Waals surface area (Å²) in [6, 6.07) is -1.47. The lowest BCUT2D eigenvalue weighted by Gasteiger charge is -2.19. The van der Waals surface area contributed by atoms with E-state index >= 15 is 0 Å². The number of urea groups is 1. The Morgan fingerprint density at radius 3 is 2.76 bits per heavy atom. The number of rotatable bonds is 5. The maximum absolute atomic E-state index is 11.5. The van der Waals surface area contributed by atoms with Gasteiger partial charge in [-0.1, -0.05) is 24.8 Å². The molecule has 94 valence electrons. The number of hydrogen-bond acceptors (Lipinski definition) is 5. The van der Waals surface area contributed by atoms with E-state index in [2.05, 4.69) is 20.2 Å². The van der Waals surface area contributed by atoms with E-state index in [1.807, 2.05) is 6.92 Å². The van der Waals surface area contributed by atoms with E-state index in [1.54, 1.807) is 6.92 Å².